The van der Waals surface area contributed by atoms with Gasteiger partial charge in [0, 0.05) is 6.42 Å². The maximum atomic E-state index is 2.53. The lowest BCUT2D eigenvalue weighted by atomic mass is 10.1. The number of aryl methyl sites for hydroxylation is 1. The molecule has 2 rings (SSSR count). The van der Waals surface area contributed by atoms with E-state index in [0.29, 0.717) is 0 Å². The Bertz CT molecular complexity index is 673. The summed E-state index contributed by atoms with van der Waals surface area (Å²) < 4.78 is 4.95. The average molecular weight is 440 g/mol. The molecule has 1 aromatic heterocycles. The Labute approximate surface area is 199 Å². The molecular weight excluding hydrogens is 388 g/mol. The Kier molecular flexibility index (Phi) is 14.9. The minimum absolute atomic E-state index is 1.17. The zero-order valence-corrected chi connectivity index (χ0v) is 21.4. The Hall–Kier alpha value is -1.57. The first-order valence-corrected chi connectivity index (χ1v) is 14.0. The van der Waals surface area contributed by atoms with Crippen molar-refractivity contribution in [3.8, 4) is 5.69 Å². The monoisotopic (exact) mass is 439 g/mol. The molecule has 180 valence electrons. The van der Waals surface area contributed by atoms with Crippen molar-refractivity contribution in [2.75, 3.05) is 0 Å². The number of para-hydroxylation sites is 1. The quantitative estimate of drug-likeness (QED) is 0.144. The maximum absolute atomic E-state index is 2.53. The summed E-state index contributed by atoms with van der Waals surface area (Å²) >= 11 is 0. The van der Waals surface area contributed by atoms with Crippen molar-refractivity contribution in [3.05, 3.63) is 48.5 Å². The predicted molar refractivity (Wildman–Crippen MR) is 140 cm³/mol. The molecule has 32 heavy (non-hydrogen) atoms. The van der Waals surface area contributed by atoms with Crippen LogP contribution in [0, 0.1) is 0 Å². The van der Waals surface area contributed by atoms with Gasteiger partial charge >= 0.3 is 0 Å². The topological polar surface area (TPSA) is 8.81 Å². The fourth-order valence-corrected chi connectivity index (χ4v) is 4.76. The highest BCUT2D eigenvalue weighted by molar-refractivity contribution is 5.31. The van der Waals surface area contributed by atoms with Gasteiger partial charge < -0.3 is 0 Å². The van der Waals surface area contributed by atoms with Crippen LogP contribution in [-0.2, 0) is 13.0 Å². The van der Waals surface area contributed by atoms with Crippen molar-refractivity contribution in [1.29, 1.82) is 0 Å². The molecule has 0 unspecified atom stereocenters. The highest BCUT2D eigenvalue weighted by Crippen LogP contribution is 2.14. The standard InChI is InChI=1S/C30H51N2/c1-3-5-7-9-10-11-12-13-14-15-17-22-26-31-27-28-32(29-23-19-18-20-24-29)30(31)25-21-16-8-6-4-2/h18-20,23-24,27-28H,3-17,21-22,25-26H2,1-2H3/q+1. The van der Waals surface area contributed by atoms with E-state index in [1.807, 2.05) is 0 Å². The van der Waals surface area contributed by atoms with E-state index < -0.39 is 0 Å². The SMILES string of the molecule is CCCCCCCCCCCCCC[n+]1ccn(-c2ccccc2)c1CCCCCCC. The summed E-state index contributed by atoms with van der Waals surface area (Å²) in [5.74, 6) is 1.48. The minimum Gasteiger partial charge on any atom is -0.234 e. The molecule has 0 spiro atoms. The van der Waals surface area contributed by atoms with Gasteiger partial charge in [0.2, 0.25) is 0 Å². The minimum atomic E-state index is 1.17. The largest absolute Gasteiger partial charge is 0.261 e. The van der Waals surface area contributed by atoms with Crippen LogP contribution in [0.25, 0.3) is 5.69 Å². The van der Waals surface area contributed by atoms with Gasteiger partial charge in [0.25, 0.3) is 5.82 Å². The molecule has 0 fully saturated rings. The van der Waals surface area contributed by atoms with Gasteiger partial charge in [0.1, 0.15) is 18.1 Å². The number of rotatable bonds is 20. The van der Waals surface area contributed by atoms with Crippen molar-refractivity contribution in [3.63, 3.8) is 0 Å². The van der Waals surface area contributed by atoms with Crippen LogP contribution in [0.1, 0.15) is 129 Å². The number of hydrogen-bond donors (Lipinski definition) is 0. The lowest BCUT2D eigenvalue weighted by Gasteiger charge is -2.06. The fraction of sp³-hybridized carbons (Fsp3) is 0.700. The molecule has 0 atom stereocenters. The number of benzene rings is 1. The molecule has 0 bridgehead atoms. The van der Waals surface area contributed by atoms with Crippen LogP contribution >= 0.6 is 0 Å². The van der Waals surface area contributed by atoms with Gasteiger partial charge in [-0.2, -0.15) is 4.57 Å². The van der Waals surface area contributed by atoms with Crippen molar-refractivity contribution in [1.82, 2.24) is 4.57 Å². The summed E-state index contributed by atoms with van der Waals surface area (Å²) in [7, 11) is 0. The Morgan fingerprint density at radius 2 is 1.09 bits per heavy atom. The third kappa shape index (κ3) is 10.8. The van der Waals surface area contributed by atoms with E-state index >= 15 is 0 Å². The first-order chi connectivity index (χ1) is 15.9. The first-order valence-electron chi connectivity index (χ1n) is 14.0. The van der Waals surface area contributed by atoms with Gasteiger partial charge in [0.15, 0.2) is 0 Å². The third-order valence-corrected chi connectivity index (χ3v) is 6.80. The fourth-order valence-electron chi connectivity index (χ4n) is 4.76. The smallest absolute Gasteiger partial charge is 0.234 e. The molecule has 2 heteroatoms. The van der Waals surface area contributed by atoms with Gasteiger partial charge in [-0.05, 0) is 31.4 Å². The molecule has 0 amide bonds. The van der Waals surface area contributed by atoms with E-state index in [0.717, 1.165) is 0 Å². The second-order valence-corrected chi connectivity index (χ2v) is 9.67. The van der Waals surface area contributed by atoms with Gasteiger partial charge in [-0.25, -0.2) is 4.57 Å². The Morgan fingerprint density at radius 1 is 0.594 bits per heavy atom. The van der Waals surface area contributed by atoms with Crippen molar-refractivity contribution in [2.24, 2.45) is 0 Å². The highest BCUT2D eigenvalue weighted by atomic mass is 15.1. The van der Waals surface area contributed by atoms with E-state index in [1.165, 1.54) is 134 Å². The summed E-state index contributed by atoms with van der Waals surface area (Å²) in [6.07, 6.45) is 29.5. The van der Waals surface area contributed by atoms with Gasteiger partial charge in [-0.3, -0.25) is 0 Å². The summed E-state index contributed by atoms with van der Waals surface area (Å²) in [4.78, 5) is 0. The van der Waals surface area contributed by atoms with Crippen molar-refractivity contribution < 1.29 is 4.57 Å². The van der Waals surface area contributed by atoms with E-state index in [4.69, 9.17) is 0 Å². The number of aromatic nitrogens is 2. The number of nitrogens with zero attached hydrogens (tertiary/aromatic N) is 2. The molecule has 0 aliphatic heterocycles. The molecule has 0 N–H and O–H groups in total. The third-order valence-electron chi connectivity index (χ3n) is 6.80. The van der Waals surface area contributed by atoms with Crippen LogP contribution in [-0.4, -0.2) is 4.57 Å². The highest BCUT2D eigenvalue weighted by Gasteiger charge is 2.18. The Balaban J connectivity index is 1.69. The van der Waals surface area contributed by atoms with Crippen LogP contribution in [0.4, 0.5) is 0 Å². The molecular formula is C30H51N2+. The maximum Gasteiger partial charge on any atom is 0.261 e. The van der Waals surface area contributed by atoms with Crippen LogP contribution in [0.5, 0.6) is 0 Å². The second-order valence-electron chi connectivity index (χ2n) is 9.67. The molecule has 2 aromatic rings. The molecule has 0 saturated heterocycles. The number of hydrogen-bond acceptors (Lipinski definition) is 0. The first kappa shape index (κ1) is 26.7. The average Bonchev–Trinajstić information content (AvgIpc) is 3.23. The van der Waals surface area contributed by atoms with Crippen molar-refractivity contribution in [2.45, 2.75) is 136 Å². The van der Waals surface area contributed by atoms with Crippen LogP contribution in [0.2, 0.25) is 0 Å². The zero-order valence-electron chi connectivity index (χ0n) is 21.4. The zero-order chi connectivity index (χ0) is 22.7. The lowest BCUT2D eigenvalue weighted by molar-refractivity contribution is -0.704. The van der Waals surface area contributed by atoms with Crippen molar-refractivity contribution >= 4 is 0 Å². The normalized spacial score (nSPS) is 11.3. The Morgan fingerprint density at radius 3 is 1.66 bits per heavy atom. The van der Waals surface area contributed by atoms with E-state index in [1.54, 1.807) is 0 Å². The molecule has 0 aliphatic rings. The van der Waals surface area contributed by atoms with Crippen LogP contribution < -0.4 is 4.57 Å². The summed E-state index contributed by atoms with van der Waals surface area (Å²) in [5, 5.41) is 0. The molecule has 1 aromatic carbocycles. The predicted octanol–water partition coefficient (Wildman–Crippen LogP) is 8.98. The number of unbranched alkanes of at least 4 members (excludes halogenated alkanes) is 15. The molecule has 2 nitrogen and oxygen atoms in total. The summed E-state index contributed by atoms with van der Waals surface area (Å²) in [6.45, 7) is 5.76. The molecule has 0 radical (unpaired) electrons. The van der Waals surface area contributed by atoms with Gasteiger partial charge in [-0.1, -0.05) is 122 Å². The molecule has 0 saturated carbocycles. The number of imidazole rings is 1. The van der Waals surface area contributed by atoms with E-state index in [-0.39, 0.29) is 0 Å². The van der Waals surface area contributed by atoms with Gasteiger partial charge in [0.05, 0.1) is 6.54 Å². The second kappa shape index (κ2) is 17.9. The van der Waals surface area contributed by atoms with Crippen LogP contribution in [0.15, 0.2) is 42.7 Å². The summed E-state index contributed by atoms with van der Waals surface area (Å²) in [5.41, 5.74) is 1.30. The molecule has 1 heterocycles. The van der Waals surface area contributed by atoms with E-state index in [9.17, 15) is 0 Å². The van der Waals surface area contributed by atoms with Gasteiger partial charge in [-0.15, -0.1) is 0 Å². The molecule has 0 aliphatic carbocycles. The van der Waals surface area contributed by atoms with E-state index in [2.05, 4.69) is 65.7 Å². The summed E-state index contributed by atoms with van der Waals surface area (Å²) in [6, 6.07) is 10.9. The van der Waals surface area contributed by atoms with Crippen LogP contribution in [0.3, 0.4) is 0 Å². The lowest BCUT2D eigenvalue weighted by Crippen LogP contribution is -2.37.